The molecule has 0 saturated heterocycles. The van der Waals surface area contributed by atoms with Crippen LogP contribution in [0.4, 0.5) is 14.5 Å². The quantitative estimate of drug-likeness (QED) is 0.867. The Kier molecular flexibility index (Phi) is 3.97. The lowest BCUT2D eigenvalue weighted by Gasteiger charge is -2.20. The zero-order valence-corrected chi connectivity index (χ0v) is 11.6. The molecule has 0 heterocycles. The highest BCUT2D eigenvalue weighted by Gasteiger charge is 2.36. The predicted octanol–water partition coefficient (Wildman–Crippen LogP) is 4.52. The Balaban J connectivity index is 1.96. The molecule has 0 spiro atoms. The molecule has 1 aromatic rings. The Morgan fingerprint density at radius 1 is 1.21 bits per heavy atom. The fourth-order valence-electron chi connectivity index (χ4n) is 3.03. The third kappa shape index (κ3) is 3.82. The molecule has 19 heavy (non-hydrogen) atoms. The molecule has 1 N–H and O–H groups in total. The second-order valence-electron chi connectivity index (χ2n) is 6.20. The van der Waals surface area contributed by atoms with E-state index in [1.807, 2.05) is 0 Å². The molecule has 1 fully saturated rings. The minimum Gasteiger partial charge on any atom is -0.435 e. The van der Waals surface area contributed by atoms with Gasteiger partial charge in [0.05, 0.1) is 0 Å². The lowest BCUT2D eigenvalue weighted by molar-refractivity contribution is -0.0498. The smallest absolute Gasteiger partial charge is 0.387 e. The molecule has 1 saturated carbocycles. The first kappa shape index (κ1) is 14.1. The molecule has 106 valence electrons. The SMILES string of the molecule is CC1CC(C)(C)CC1Nc1ccc(OC(F)F)cc1. The van der Waals surface area contributed by atoms with E-state index in [0.717, 1.165) is 12.1 Å². The van der Waals surface area contributed by atoms with Crippen molar-refractivity contribution in [2.24, 2.45) is 11.3 Å². The Morgan fingerprint density at radius 2 is 1.84 bits per heavy atom. The number of ether oxygens (including phenoxy) is 1. The summed E-state index contributed by atoms with van der Waals surface area (Å²) in [4.78, 5) is 0. The van der Waals surface area contributed by atoms with Gasteiger partial charge in [-0.1, -0.05) is 20.8 Å². The molecule has 2 rings (SSSR count). The van der Waals surface area contributed by atoms with Crippen molar-refractivity contribution >= 4 is 5.69 Å². The van der Waals surface area contributed by atoms with E-state index in [4.69, 9.17) is 0 Å². The van der Waals surface area contributed by atoms with Crippen molar-refractivity contribution in [2.45, 2.75) is 46.3 Å². The standard InChI is InChI=1S/C15H21F2NO/c1-10-8-15(2,3)9-13(10)18-11-4-6-12(7-5-11)19-14(16)17/h4-7,10,13-14,18H,8-9H2,1-3H3. The largest absolute Gasteiger partial charge is 0.435 e. The van der Waals surface area contributed by atoms with Crippen LogP contribution in [0.5, 0.6) is 5.75 Å². The van der Waals surface area contributed by atoms with Crippen molar-refractivity contribution in [2.75, 3.05) is 5.32 Å². The molecule has 0 bridgehead atoms. The van der Waals surface area contributed by atoms with E-state index in [-0.39, 0.29) is 5.75 Å². The predicted molar refractivity (Wildman–Crippen MR) is 72.7 cm³/mol. The number of nitrogens with one attached hydrogen (secondary N) is 1. The first-order valence-corrected chi connectivity index (χ1v) is 6.67. The summed E-state index contributed by atoms with van der Waals surface area (Å²) in [6.07, 6.45) is 2.33. The maximum atomic E-state index is 12.0. The van der Waals surface area contributed by atoms with E-state index in [0.29, 0.717) is 17.4 Å². The van der Waals surface area contributed by atoms with E-state index >= 15 is 0 Å². The normalized spacial score (nSPS) is 25.6. The van der Waals surface area contributed by atoms with Gasteiger partial charge < -0.3 is 10.1 Å². The van der Waals surface area contributed by atoms with Crippen molar-refractivity contribution in [3.8, 4) is 5.75 Å². The molecule has 2 nitrogen and oxygen atoms in total. The molecule has 1 aliphatic carbocycles. The Morgan fingerprint density at radius 3 is 2.32 bits per heavy atom. The van der Waals surface area contributed by atoms with Crippen LogP contribution in [0, 0.1) is 11.3 Å². The summed E-state index contributed by atoms with van der Waals surface area (Å²) in [5, 5.41) is 3.48. The van der Waals surface area contributed by atoms with Crippen molar-refractivity contribution in [3.63, 3.8) is 0 Å². The molecule has 1 aromatic carbocycles. The van der Waals surface area contributed by atoms with Crippen LogP contribution in [-0.4, -0.2) is 12.7 Å². The zero-order chi connectivity index (χ0) is 14.0. The van der Waals surface area contributed by atoms with Crippen LogP contribution in [0.25, 0.3) is 0 Å². The Bertz CT molecular complexity index is 417. The van der Waals surface area contributed by atoms with Gasteiger partial charge in [0.15, 0.2) is 0 Å². The van der Waals surface area contributed by atoms with Crippen LogP contribution in [-0.2, 0) is 0 Å². The first-order valence-electron chi connectivity index (χ1n) is 6.67. The highest BCUT2D eigenvalue weighted by molar-refractivity contribution is 5.47. The van der Waals surface area contributed by atoms with Gasteiger partial charge >= 0.3 is 6.61 Å². The monoisotopic (exact) mass is 269 g/mol. The van der Waals surface area contributed by atoms with E-state index in [1.165, 1.54) is 6.42 Å². The summed E-state index contributed by atoms with van der Waals surface area (Å²) >= 11 is 0. The molecule has 2 unspecified atom stereocenters. The molecule has 0 aromatic heterocycles. The number of hydrogen-bond acceptors (Lipinski definition) is 2. The second-order valence-corrected chi connectivity index (χ2v) is 6.20. The summed E-state index contributed by atoms with van der Waals surface area (Å²) in [7, 11) is 0. The number of alkyl halides is 2. The van der Waals surface area contributed by atoms with Gasteiger partial charge in [-0.3, -0.25) is 0 Å². The summed E-state index contributed by atoms with van der Waals surface area (Å²) in [5.74, 6) is 0.812. The molecular weight excluding hydrogens is 248 g/mol. The fourth-order valence-corrected chi connectivity index (χ4v) is 3.03. The van der Waals surface area contributed by atoms with Crippen LogP contribution in [0.2, 0.25) is 0 Å². The Hall–Kier alpha value is -1.32. The van der Waals surface area contributed by atoms with Crippen LogP contribution >= 0.6 is 0 Å². The van der Waals surface area contributed by atoms with Crippen LogP contribution in [0.1, 0.15) is 33.6 Å². The molecular formula is C15H21F2NO. The molecule has 0 amide bonds. The van der Waals surface area contributed by atoms with E-state index < -0.39 is 6.61 Å². The fraction of sp³-hybridized carbons (Fsp3) is 0.600. The first-order chi connectivity index (χ1) is 8.85. The van der Waals surface area contributed by atoms with Gasteiger partial charge in [-0.2, -0.15) is 8.78 Å². The second kappa shape index (κ2) is 5.35. The van der Waals surface area contributed by atoms with Gasteiger partial charge in [0, 0.05) is 11.7 Å². The van der Waals surface area contributed by atoms with Crippen molar-refractivity contribution in [3.05, 3.63) is 24.3 Å². The van der Waals surface area contributed by atoms with Crippen LogP contribution in [0.15, 0.2) is 24.3 Å². The lowest BCUT2D eigenvalue weighted by Crippen LogP contribution is -2.22. The minimum absolute atomic E-state index is 0.195. The van der Waals surface area contributed by atoms with Gasteiger partial charge in [-0.05, 0) is 48.4 Å². The summed E-state index contributed by atoms with van der Waals surface area (Å²) in [6.45, 7) is 4.05. The lowest BCUT2D eigenvalue weighted by atomic mass is 9.91. The van der Waals surface area contributed by atoms with Gasteiger partial charge in [-0.15, -0.1) is 0 Å². The number of benzene rings is 1. The average Bonchev–Trinajstić information content (AvgIpc) is 2.54. The number of anilines is 1. The van der Waals surface area contributed by atoms with Crippen LogP contribution < -0.4 is 10.1 Å². The van der Waals surface area contributed by atoms with Crippen molar-refractivity contribution < 1.29 is 13.5 Å². The van der Waals surface area contributed by atoms with Crippen molar-refractivity contribution in [1.82, 2.24) is 0 Å². The maximum absolute atomic E-state index is 12.0. The summed E-state index contributed by atoms with van der Waals surface area (Å²) < 4.78 is 28.4. The molecule has 2 atom stereocenters. The van der Waals surface area contributed by atoms with E-state index in [1.54, 1.807) is 24.3 Å². The van der Waals surface area contributed by atoms with Gasteiger partial charge in [0.2, 0.25) is 0 Å². The molecule has 1 aliphatic rings. The summed E-state index contributed by atoms with van der Waals surface area (Å²) in [5.41, 5.74) is 1.33. The Labute approximate surface area is 113 Å². The summed E-state index contributed by atoms with van der Waals surface area (Å²) in [6, 6.07) is 7.15. The molecule has 0 aliphatic heterocycles. The maximum Gasteiger partial charge on any atom is 0.387 e. The van der Waals surface area contributed by atoms with Gasteiger partial charge in [-0.25, -0.2) is 0 Å². The molecule has 0 radical (unpaired) electrons. The topological polar surface area (TPSA) is 21.3 Å². The highest BCUT2D eigenvalue weighted by atomic mass is 19.3. The highest BCUT2D eigenvalue weighted by Crippen LogP contribution is 2.42. The van der Waals surface area contributed by atoms with Gasteiger partial charge in [0.25, 0.3) is 0 Å². The molecule has 4 heteroatoms. The van der Waals surface area contributed by atoms with Crippen molar-refractivity contribution in [1.29, 1.82) is 0 Å². The minimum atomic E-state index is -2.77. The van der Waals surface area contributed by atoms with Crippen LogP contribution in [0.3, 0.4) is 0 Å². The average molecular weight is 269 g/mol. The third-order valence-corrected chi connectivity index (χ3v) is 3.77. The number of halogens is 2. The van der Waals surface area contributed by atoms with E-state index in [9.17, 15) is 8.78 Å². The van der Waals surface area contributed by atoms with Gasteiger partial charge in [0.1, 0.15) is 5.75 Å². The third-order valence-electron chi connectivity index (χ3n) is 3.77. The number of rotatable bonds is 4. The van der Waals surface area contributed by atoms with E-state index in [2.05, 4.69) is 30.8 Å². The zero-order valence-electron chi connectivity index (χ0n) is 11.6. The number of hydrogen-bond donors (Lipinski definition) is 1.